The number of halogens is 2. The summed E-state index contributed by atoms with van der Waals surface area (Å²) in [6.07, 6.45) is 3.50. The summed E-state index contributed by atoms with van der Waals surface area (Å²) >= 11 is 6.06. The zero-order chi connectivity index (χ0) is 19.6. The average molecular weight is 392 g/mol. The van der Waals surface area contributed by atoms with Gasteiger partial charge in [-0.25, -0.2) is 4.39 Å². The first-order valence-electron chi connectivity index (χ1n) is 9.54. The van der Waals surface area contributed by atoms with E-state index in [0.717, 1.165) is 48.4 Å². The quantitative estimate of drug-likeness (QED) is 0.736. The van der Waals surface area contributed by atoms with Crippen molar-refractivity contribution < 1.29 is 9.18 Å². The van der Waals surface area contributed by atoms with Gasteiger partial charge in [0, 0.05) is 29.1 Å². The molecule has 2 aromatic rings. The molecule has 4 nitrogen and oxygen atoms in total. The van der Waals surface area contributed by atoms with Crippen molar-refractivity contribution in [2.45, 2.75) is 52.0 Å². The van der Waals surface area contributed by atoms with Crippen LogP contribution in [0.25, 0.3) is 0 Å². The molecule has 0 spiro atoms. The van der Waals surface area contributed by atoms with Crippen molar-refractivity contribution in [3.05, 3.63) is 51.6 Å². The summed E-state index contributed by atoms with van der Waals surface area (Å²) in [6, 6.07) is 4.74. The first-order valence-corrected chi connectivity index (χ1v) is 9.91. The van der Waals surface area contributed by atoms with E-state index in [9.17, 15) is 9.18 Å². The van der Waals surface area contributed by atoms with E-state index in [2.05, 4.69) is 23.6 Å². The van der Waals surface area contributed by atoms with E-state index >= 15 is 0 Å². The van der Waals surface area contributed by atoms with Gasteiger partial charge in [-0.3, -0.25) is 9.48 Å². The molecule has 0 aliphatic carbocycles. The summed E-state index contributed by atoms with van der Waals surface area (Å²) < 4.78 is 15.3. The molecular formula is C21H27ClFN3O. The van der Waals surface area contributed by atoms with Crippen molar-refractivity contribution in [3.63, 3.8) is 0 Å². The summed E-state index contributed by atoms with van der Waals surface area (Å²) in [5, 5.41) is 5.12. The number of hydrogen-bond acceptors (Lipinski definition) is 3. The fourth-order valence-electron chi connectivity index (χ4n) is 3.83. The molecule has 2 heterocycles. The number of ketones is 1. The minimum Gasteiger partial charge on any atom is -0.306 e. The average Bonchev–Trinajstić information content (AvgIpc) is 2.90. The lowest BCUT2D eigenvalue weighted by Gasteiger charge is -2.29. The molecule has 0 bridgehead atoms. The Hall–Kier alpha value is -1.72. The number of aryl methyl sites for hydroxylation is 2. The van der Waals surface area contributed by atoms with Gasteiger partial charge in [0.05, 0.1) is 11.7 Å². The van der Waals surface area contributed by atoms with Gasteiger partial charge in [0.1, 0.15) is 11.6 Å². The Balaban J connectivity index is 1.64. The van der Waals surface area contributed by atoms with Crippen LogP contribution >= 0.6 is 11.6 Å². The van der Waals surface area contributed by atoms with Gasteiger partial charge in [0.15, 0.2) is 0 Å². The normalized spacial score (nSPS) is 16.0. The van der Waals surface area contributed by atoms with Crippen molar-refractivity contribution in [1.29, 1.82) is 0 Å². The molecule has 1 saturated heterocycles. The number of likely N-dealkylation sites (tertiary alicyclic amines) is 1. The maximum absolute atomic E-state index is 13.1. The van der Waals surface area contributed by atoms with Crippen molar-refractivity contribution in [1.82, 2.24) is 14.7 Å². The van der Waals surface area contributed by atoms with Crippen molar-refractivity contribution in [2.75, 3.05) is 20.1 Å². The van der Waals surface area contributed by atoms with Crippen LogP contribution in [-0.4, -0.2) is 40.6 Å². The van der Waals surface area contributed by atoms with Crippen LogP contribution < -0.4 is 0 Å². The molecule has 146 valence electrons. The van der Waals surface area contributed by atoms with Gasteiger partial charge >= 0.3 is 0 Å². The van der Waals surface area contributed by atoms with E-state index in [-0.39, 0.29) is 11.6 Å². The number of aromatic nitrogens is 2. The molecule has 1 aliphatic rings. The highest BCUT2D eigenvalue weighted by Gasteiger charge is 2.23. The summed E-state index contributed by atoms with van der Waals surface area (Å²) in [5.74, 6) is -0.202. The van der Waals surface area contributed by atoms with E-state index in [1.54, 1.807) is 6.07 Å². The van der Waals surface area contributed by atoms with E-state index in [1.807, 2.05) is 6.92 Å². The topological polar surface area (TPSA) is 38.1 Å². The highest BCUT2D eigenvalue weighted by Crippen LogP contribution is 2.26. The lowest BCUT2D eigenvalue weighted by atomic mass is 10.0. The number of carbonyl (C=O) groups is 1. The second kappa shape index (κ2) is 8.53. The zero-order valence-corrected chi connectivity index (χ0v) is 17.0. The number of carbonyl (C=O) groups excluding carboxylic acids is 1. The van der Waals surface area contributed by atoms with E-state index in [4.69, 9.17) is 16.7 Å². The van der Waals surface area contributed by atoms with Crippen LogP contribution in [0.15, 0.2) is 18.2 Å². The van der Waals surface area contributed by atoms with Gasteiger partial charge in [-0.15, -0.1) is 0 Å². The Labute approximate surface area is 165 Å². The Morgan fingerprint density at radius 1 is 1.30 bits per heavy atom. The molecule has 0 amide bonds. The standard InChI is InChI=1S/C21H27ClFN3O/c1-14-20(15(2)26(24-14)18-8-10-25(3)11-9-18)13-19(27)7-5-16-4-6-17(23)12-21(16)22/h4,6,12,18H,5,7-11,13H2,1-3H3. The Bertz CT molecular complexity index is 825. The van der Waals surface area contributed by atoms with Crippen molar-refractivity contribution >= 4 is 17.4 Å². The molecule has 6 heteroatoms. The molecule has 1 aromatic heterocycles. The number of benzene rings is 1. The summed E-state index contributed by atoms with van der Waals surface area (Å²) in [6.45, 7) is 6.21. The maximum atomic E-state index is 13.1. The zero-order valence-electron chi connectivity index (χ0n) is 16.3. The van der Waals surface area contributed by atoms with Gasteiger partial charge in [0.2, 0.25) is 0 Å². The van der Waals surface area contributed by atoms with Crippen LogP contribution in [0.1, 0.15) is 47.8 Å². The van der Waals surface area contributed by atoms with E-state index in [0.29, 0.717) is 30.3 Å². The Morgan fingerprint density at radius 2 is 2.00 bits per heavy atom. The smallest absolute Gasteiger partial charge is 0.137 e. The van der Waals surface area contributed by atoms with Crippen molar-refractivity contribution in [3.8, 4) is 0 Å². The van der Waals surface area contributed by atoms with Crippen LogP contribution in [0, 0.1) is 19.7 Å². The van der Waals surface area contributed by atoms with Crippen LogP contribution in [0.5, 0.6) is 0 Å². The largest absolute Gasteiger partial charge is 0.306 e. The monoisotopic (exact) mass is 391 g/mol. The van der Waals surface area contributed by atoms with Crippen LogP contribution in [0.4, 0.5) is 4.39 Å². The van der Waals surface area contributed by atoms with Gasteiger partial charge in [-0.05, 0) is 70.9 Å². The number of nitrogens with zero attached hydrogens (tertiary/aromatic N) is 3. The number of piperidine rings is 1. The molecule has 0 atom stereocenters. The molecule has 0 saturated carbocycles. The molecule has 3 rings (SSSR count). The van der Waals surface area contributed by atoms with Gasteiger partial charge < -0.3 is 4.90 Å². The fraction of sp³-hybridized carbons (Fsp3) is 0.524. The summed E-state index contributed by atoms with van der Waals surface area (Å²) in [7, 11) is 2.15. The molecule has 0 N–H and O–H groups in total. The Kier molecular flexibility index (Phi) is 6.33. The third-order valence-electron chi connectivity index (χ3n) is 5.57. The minimum atomic E-state index is -0.359. The highest BCUT2D eigenvalue weighted by atomic mass is 35.5. The van der Waals surface area contributed by atoms with Crippen LogP contribution in [-0.2, 0) is 17.6 Å². The number of rotatable bonds is 6. The van der Waals surface area contributed by atoms with Crippen molar-refractivity contribution in [2.24, 2.45) is 0 Å². The predicted molar refractivity (Wildman–Crippen MR) is 106 cm³/mol. The van der Waals surface area contributed by atoms with Gasteiger partial charge in [0.25, 0.3) is 0 Å². The highest BCUT2D eigenvalue weighted by molar-refractivity contribution is 6.31. The summed E-state index contributed by atoms with van der Waals surface area (Å²) in [4.78, 5) is 14.9. The first-order chi connectivity index (χ1) is 12.8. The van der Waals surface area contributed by atoms with E-state index in [1.165, 1.54) is 12.1 Å². The SMILES string of the molecule is Cc1nn(C2CCN(C)CC2)c(C)c1CC(=O)CCc1ccc(F)cc1Cl. The predicted octanol–water partition coefficient (Wildman–Crippen LogP) is 4.30. The number of hydrogen-bond donors (Lipinski definition) is 0. The van der Waals surface area contributed by atoms with Gasteiger partial charge in [-0.1, -0.05) is 17.7 Å². The second-order valence-electron chi connectivity index (χ2n) is 7.58. The lowest BCUT2D eigenvalue weighted by molar-refractivity contribution is -0.118. The third kappa shape index (κ3) is 4.77. The third-order valence-corrected chi connectivity index (χ3v) is 5.92. The lowest BCUT2D eigenvalue weighted by Crippen LogP contribution is -2.32. The van der Waals surface area contributed by atoms with Crippen LogP contribution in [0.2, 0.25) is 5.02 Å². The molecule has 0 unspecified atom stereocenters. The Morgan fingerprint density at radius 3 is 2.67 bits per heavy atom. The molecule has 1 fully saturated rings. The molecule has 0 radical (unpaired) electrons. The maximum Gasteiger partial charge on any atom is 0.137 e. The van der Waals surface area contributed by atoms with Gasteiger partial charge in [-0.2, -0.15) is 5.10 Å². The number of Topliss-reactive ketones (excluding diaryl/α,β-unsaturated/α-hetero) is 1. The molecular weight excluding hydrogens is 365 g/mol. The summed E-state index contributed by atoms with van der Waals surface area (Å²) in [5.41, 5.74) is 3.90. The molecule has 1 aromatic carbocycles. The minimum absolute atomic E-state index is 0.157. The fourth-order valence-corrected chi connectivity index (χ4v) is 4.09. The first kappa shape index (κ1) is 20.0. The molecule has 1 aliphatic heterocycles. The second-order valence-corrected chi connectivity index (χ2v) is 7.99. The molecule has 27 heavy (non-hydrogen) atoms. The van der Waals surface area contributed by atoms with Crippen LogP contribution in [0.3, 0.4) is 0 Å². The van der Waals surface area contributed by atoms with E-state index < -0.39 is 0 Å².